The number of carboxylic acids is 1. The molecule has 0 aromatic heterocycles. The summed E-state index contributed by atoms with van der Waals surface area (Å²) in [7, 11) is -4.17. The molecule has 0 bridgehead atoms. The summed E-state index contributed by atoms with van der Waals surface area (Å²) >= 11 is 0. The fourth-order valence-corrected chi connectivity index (χ4v) is 4.01. The number of ether oxygens (including phenoxy) is 1. The van der Waals surface area contributed by atoms with E-state index in [-0.39, 0.29) is 25.4 Å². The zero-order chi connectivity index (χ0) is 24.1. The number of hydrogen-bond donors (Lipinski definition) is 5. The first-order valence-corrected chi connectivity index (χ1v) is 12.5. The number of rotatable bonds is 14. The number of benzene rings is 1. The molecule has 0 aliphatic heterocycles. The van der Waals surface area contributed by atoms with Crippen molar-refractivity contribution in [3.8, 4) is 0 Å². The van der Waals surface area contributed by atoms with Gasteiger partial charge < -0.3 is 25.4 Å². The second-order valence-corrected chi connectivity index (χ2v) is 9.93. The third-order valence-corrected chi connectivity index (χ3v) is 5.79. The summed E-state index contributed by atoms with van der Waals surface area (Å²) < 4.78 is 17.6. The van der Waals surface area contributed by atoms with Crippen LogP contribution in [0, 0.1) is 5.92 Å². The molecule has 0 radical (unpaired) electrons. The number of unbranched alkanes of at least 4 members (excludes halogenated alkanes) is 1. The van der Waals surface area contributed by atoms with Gasteiger partial charge in [0.15, 0.2) is 0 Å². The van der Waals surface area contributed by atoms with E-state index in [9.17, 15) is 28.9 Å². The molecule has 1 aromatic carbocycles. The van der Waals surface area contributed by atoms with Crippen LogP contribution in [0.5, 0.6) is 0 Å². The average Bonchev–Trinajstić information content (AvgIpc) is 2.73. The van der Waals surface area contributed by atoms with Gasteiger partial charge in [-0.3, -0.25) is 9.36 Å². The molecule has 0 saturated heterocycles. The van der Waals surface area contributed by atoms with Crippen molar-refractivity contribution in [3.63, 3.8) is 0 Å². The monoisotopic (exact) mass is 471 g/mol. The van der Waals surface area contributed by atoms with Crippen molar-refractivity contribution in [1.82, 2.24) is 15.7 Å². The number of aliphatic carboxylic acids is 1. The predicted octanol–water partition coefficient (Wildman–Crippen LogP) is 2.82. The quantitative estimate of drug-likeness (QED) is 0.260. The van der Waals surface area contributed by atoms with Crippen LogP contribution in [0.25, 0.3) is 0 Å². The zero-order valence-corrected chi connectivity index (χ0v) is 19.6. The smallest absolute Gasteiger partial charge is 0.407 e. The Labute approximate surface area is 188 Å². The summed E-state index contributed by atoms with van der Waals surface area (Å²) in [6.07, 6.45) is 0.325. The number of amides is 2. The summed E-state index contributed by atoms with van der Waals surface area (Å²) in [6.45, 7) is 5.57. The van der Waals surface area contributed by atoms with Crippen molar-refractivity contribution in [2.75, 3.05) is 6.29 Å². The van der Waals surface area contributed by atoms with Gasteiger partial charge in [-0.15, -0.1) is 0 Å². The van der Waals surface area contributed by atoms with Crippen LogP contribution in [0.2, 0.25) is 0 Å². The highest BCUT2D eigenvalue weighted by Crippen LogP contribution is 2.35. The van der Waals surface area contributed by atoms with Gasteiger partial charge in [0.05, 0.1) is 6.04 Å². The number of nitrogens with one attached hydrogen (secondary N) is 3. The zero-order valence-electron chi connectivity index (χ0n) is 18.7. The molecule has 10 nitrogen and oxygen atoms in total. The van der Waals surface area contributed by atoms with E-state index in [1.54, 1.807) is 24.3 Å². The Bertz CT molecular complexity index is 789. The molecular formula is C21H34N3O7P. The SMILES string of the molecule is CCCC[C@H](NC(=O)[C@H](CC(C)C)NP(=O)(O)CNC(=O)OCc1ccccc1)C(=O)O. The summed E-state index contributed by atoms with van der Waals surface area (Å²) in [5.74, 6) is -1.85. The van der Waals surface area contributed by atoms with Gasteiger partial charge in [0.1, 0.15) is 18.9 Å². The molecule has 32 heavy (non-hydrogen) atoms. The number of carbonyl (C=O) groups excluding carboxylic acids is 2. The first kappa shape index (κ1) is 27.6. The van der Waals surface area contributed by atoms with Crippen LogP contribution in [0.15, 0.2) is 30.3 Å². The lowest BCUT2D eigenvalue weighted by molar-refractivity contribution is -0.142. The van der Waals surface area contributed by atoms with E-state index in [1.807, 2.05) is 26.8 Å². The normalized spacial score (nSPS) is 14.8. The molecule has 0 aliphatic carbocycles. The summed E-state index contributed by atoms with van der Waals surface area (Å²) in [5, 5.41) is 16.4. The minimum absolute atomic E-state index is 0.00253. The fraction of sp³-hybridized carbons (Fsp3) is 0.571. The van der Waals surface area contributed by atoms with Crippen molar-refractivity contribution in [3.05, 3.63) is 35.9 Å². The molecule has 1 unspecified atom stereocenters. The Kier molecular flexibility index (Phi) is 12.0. The molecule has 2 amide bonds. The molecule has 0 fully saturated rings. The van der Waals surface area contributed by atoms with Crippen LogP contribution in [0.3, 0.4) is 0 Å². The maximum absolute atomic E-state index is 12.7. The van der Waals surface area contributed by atoms with E-state index in [1.165, 1.54) is 0 Å². The highest BCUT2D eigenvalue weighted by atomic mass is 31.2. The lowest BCUT2D eigenvalue weighted by Gasteiger charge is -2.25. The van der Waals surface area contributed by atoms with Crippen molar-refractivity contribution >= 4 is 25.5 Å². The van der Waals surface area contributed by atoms with Crippen LogP contribution < -0.4 is 15.7 Å². The van der Waals surface area contributed by atoms with Crippen LogP contribution in [0.1, 0.15) is 52.0 Å². The van der Waals surface area contributed by atoms with E-state index < -0.39 is 43.9 Å². The molecule has 180 valence electrons. The molecule has 0 heterocycles. The van der Waals surface area contributed by atoms with Gasteiger partial charge in [-0.1, -0.05) is 63.9 Å². The van der Waals surface area contributed by atoms with E-state index in [4.69, 9.17) is 4.74 Å². The molecule has 0 saturated carbocycles. The van der Waals surface area contributed by atoms with Crippen LogP contribution in [-0.2, 0) is 25.5 Å². The molecule has 1 aromatic rings. The van der Waals surface area contributed by atoms with E-state index in [0.717, 1.165) is 12.0 Å². The third kappa shape index (κ3) is 11.3. The predicted molar refractivity (Wildman–Crippen MR) is 120 cm³/mol. The largest absolute Gasteiger partial charge is 0.480 e. The maximum atomic E-state index is 12.7. The van der Waals surface area contributed by atoms with Crippen molar-refractivity contribution < 1.29 is 33.7 Å². The van der Waals surface area contributed by atoms with Gasteiger partial charge in [-0.25, -0.2) is 14.7 Å². The van der Waals surface area contributed by atoms with E-state index in [0.29, 0.717) is 6.42 Å². The minimum atomic E-state index is -4.17. The average molecular weight is 471 g/mol. The standard InChI is InChI=1S/C21H34N3O7P/c1-4-5-11-17(20(26)27)23-19(25)18(12-15(2)3)24-32(29,30)14-22-21(28)31-13-16-9-7-6-8-10-16/h6-10,15,17-18H,4-5,11-14H2,1-3H3,(H,22,28)(H,23,25)(H,26,27)(H2,24,29,30)/t17-,18-/m0/s1. The first-order chi connectivity index (χ1) is 15.0. The highest BCUT2D eigenvalue weighted by Gasteiger charge is 2.31. The van der Waals surface area contributed by atoms with Gasteiger partial charge >= 0.3 is 12.1 Å². The van der Waals surface area contributed by atoms with Crippen LogP contribution in [-0.4, -0.2) is 46.3 Å². The van der Waals surface area contributed by atoms with E-state index >= 15 is 0 Å². The summed E-state index contributed by atoms with van der Waals surface area (Å²) in [6, 6.07) is 6.76. The Hall–Kier alpha value is -2.42. The Morgan fingerprint density at radius 3 is 2.34 bits per heavy atom. The topological polar surface area (TPSA) is 154 Å². The van der Waals surface area contributed by atoms with Crippen molar-refractivity contribution in [2.45, 2.75) is 65.1 Å². The van der Waals surface area contributed by atoms with Crippen molar-refractivity contribution in [1.29, 1.82) is 0 Å². The summed E-state index contributed by atoms with van der Waals surface area (Å²) in [4.78, 5) is 46.1. The molecule has 1 rings (SSSR count). The van der Waals surface area contributed by atoms with Crippen molar-refractivity contribution in [2.24, 2.45) is 5.92 Å². The number of carbonyl (C=O) groups is 3. The first-order valence-electron chi connectivity index (χ1n) is 10.6. The lowest BCUT2D eigenvalue weighted by atomic mass is 10.0. The lowest BCUT2D eigenvalue weighted by Crippen LogP contribution is -2.50. The highest BCUT2D eigenvalue weighted by molar-refractivity contribution is 7.55. The molecule has 5 N–H and O–H groups in total. The van der Waals surface area contributed by atoms with Crippen LogP contribution in [0.4, 0.5) is 4.79 Å². The Balaban J connectivity index is 2.66. The molecule has 11 heteroatoms. The second-order valence-electron chi connectivity index (χ2n) is 7.95. The van der Waals surface area contributed by atoms with Gasteiger partial charge in [0, 0.05) is 0 Å². The fourth-order valence-electron chi connectivity index (χ4n) is 2.86. The third-order valence-electron chi connectivity index (χ3n) is 4.49. The summed E-state index contributed by atoms with van der Waals surface area (Å²) in [5.41, 5.74) is 0.762. The van der Waals surface area contributed by atoms with Crippen LogP contribution >= 0.6 is 7.52 Å². The number of alkyl carbamates (subject to hydrolysis) is 1. The number of hydrogen-bond acceptors (Lipinski definition) is 5. The number of carboxylic acid groups (broad SMARTS) is 1. The van der Waals surface area contributed by atoms with Gasteiger partial charge in [0.2, 0.25) is 5.91 Å². The van der Waals surface area contributed by atoms with Gasteiger partial charge in [0.25, 0.3) is 7.52 Å². The Morgan fingerprint density at radius 2 is 1.78 bits per heavy atom. The van der Waals surface area contributed by atoms with Gasteiger partial charge in [-0.05, 0) is 24.3 Å². The molecule has 3 atom stereocenters. The van der Waals surface area contributed by atoms with Gasteiger partial charge in [-0.2, -0.15) is 0 Å². The molecule has 0 aliphatic rings. The molecule has 0 spiro atoms. The van der Waals surface area contributed by atoms with E-state index in [2.05, 4.69) is 15.7 Å². The minimum Gasteiger partial charge on any atom is -0.480 e. The maximum Gasteiger partial charge on any atom is 0.407 e. The molecular weight excluding hydrogens is 437 g/mol. The second kappa shape index (κ2) is 13.9. The Morgan fingerprint density at radius 1 is 1.12 bits per heavy atom.